The summed E-state index contributed by atoms with van der Waals surface area (Å²) in [6.45, 7) is 0.423. The molecular weight excluding hydrogens is 426 g/mol. The summed E-state index contributed by atoms with van der Waals surface area (Å²) in [5.41, 5.74) is 1.16. The Morgan fingerprint density at radius 1 is 1.06 bits per heavy atom. The highest BCUT2D eigenvalue weighted by atomic mass is 32.2. The molecule has 0 spiro atoms. The molecule has 0 aliphatic carbocycles. The zero-order chi connectivity index (χ0) is 22.0. The molecule has 162 valence electrons. The molecular formula is C19H19N5O6S. The standard InChI is InChI=1S/C19H19N5O6S/c1-27-13-5-4-6-14(28-2)18(13)31(25,26)22-19-17-15(29-3)9-12(10-16(17)30-21-19)11-24-8-7-20-23-24/h4-10H,11H2,1-3H3,(H,21,22). The monoisotopic (exact) mass is 445 g/mol. The van der Waals surface area contributed by atoms with E-state index >= 15 is 0 Å². The molecule has 4 aromatic rings. The van der Waals surface area contributed by atoms with Gasteiger partial charge in [0.2, 0.25) is 0 Å². The molecule has 0 saturated heterocycles. The summed E-state index contributed by atoms with van der Waals surface area (Å²) >= 11 is 0. The van der Waals surface area contributed by atoms with E-state index in [2.05, 4.69) is 20.2 Å². The van der Waals surface area contributed by atoms with Crippen molar-refractivity contribution in [3.05, 3.63) is 48.3 Å². The van der Waals surface area contributed by atoms with Gasteiger partial charge in [-0.05, 0) is 29.8 Å². The minimum Gasteiger partial charge on any atom is -0.496 e. The molecule has 0 aliphatic rings. The van der Waals surface area contributed by atoms with E-state index in [4.69, 9.17) is 18.7 Å². The zero-order valence-corrected chi connectivity index (χ0v) is 17.7. The van der Waals surface area contributed by atoms with E-state index in [-0.39, 0.29) is 22.2 Å². The van der Waals surface area contributed by atoms with Crippen LogP contribution in [0.15, 0.2) is 52.1 Å². The Balaban J connectivity index is 1.76. The molecule has 2 aromatic carbocycles. The number of benzene rings is 2. The highest BCUT2D eigenvalue weighted by Gasteiger charge is 2.28. The van der Waals surface area contributed by atoms with E-state index in [1.807, 2.05) is 0 Å². The number of hydrogen-bond acceptors (Lipinski definition) is 9. The topological polar surface area (TPSA) is 131 Å². The predicted octanol–water partition coefficient (Wildman–Crippen LogP) is 2.29. The number of sulfonamides is 1. The fourth-order valence-electron chi connectivity index (χ4n) is 3.18. The largest absolute Gasteiger partial charge is 0.496 e. The molecule has 2 heterocycles. The van der Waals surface area contributed by atoms with E-state index in [1.54, 1.807) is 35.3 Å². The smallest absolute Gasteiger partial charge is 0.270 e. The van der Waals surface area contributed by atoms with Crippen LogP contribution in [0.3, 0.4) is 0 Å². The van der Waals surface area contributed by atoms with Crippen molar-refractivity contribution in [1.29, 1.82) is 0 Å². The first-order valence-corrected chi connectivity index (χ1v) is 10.5. The van der Waals surface area contributed by atoms with Gasteiger partial charge in [0.15, 0.2) is 16.3 Å². The van der Waals surface area contributed by atoms with Gasteiger partial charge in [0, 0.05) is 6.20 Å². The molecule has 2 aromatic heterocycles. The van der Waals surface area contributed by atoms with Crippen molar-refractivity contribution in [1.82, 2.24) is 20.2 Å². The number of nitrogens with zero attached hydrogens (tertiary/aromatic N) is 4. The van der Waals surface area contributed by atoms with Crippen molar-refractivity contribution in [3.8, 4) is 17.2 Å². The fourth-order valence-corrected chi connectivity index (χ4v) is 4.50. The lowest BCUT2D eigenvalue weighted by Gasteiger charge is -2.14. The maximum absolute atomic E-state index is 13.2. The second kappa shape index (κ2) is 8.14. The summed E-state index contributed by atoms with van der Waals surface area (Å²) in [6.07, 6.45) is 3.29. The van der Waals surface area contributed by atoms with E-state index in [9.17, 15) is 8.42 Å². The van der Waals surface area contributed by atoms with Gasteiger partial charge in [-0.3, -0.25) is 4.72 Å². The molecule has 0 saturated carbocycles. The third kappa shape index (κ3) is 3.84. The first-order chi connectivity index (χ1) is 15.0. The maximum Gasteiger partial charge on any atom is 0.270 e. The highest BCUT2D eigenvalue weighted by Crippen LogP contribution is 2.38. The highest BCUT2D eigenvalue weighted by molar-refractivity contribution is 7.93. The molecule has 0 atom stereocenters. The van der Waals surface area contributed by atoms with Crippen LogP contribution in [0.4, 0.5) is 5.82 Å². The van der Waals surface area contributed by atoms with Gasteiger partial charge in [0.1, 0.15) is 22.6 Å². The van der Waals surface area contributed by atoms with Gasteiger partial charge in [-0.25, -0.2) is 13.1 Å². The van der Waals surface area contributed by atoms with Crippen LogP contribution in [-0.2, 0) is 16.6 Å². The molecule has 0 amide bonds. The molecule has 11 nitrogen and oxygen atoms in total. The van der Waals surface area contributed by atoms with Crippen molar-refractivity contribution in [2.75, 3.05) is 26.1 Å². The van der Waals surface area contributed by atoms with Gasteiger partial charge >= 0.3 is 0 Å². The third-order valence-corrected chi connectivity index (χ3v) is 5.92. The molecule has 31 heavy (non-hydrogen) atoms. The Morgan fingerprint density at radius 3 is 2.39 bits per heavy atom. The van der Waals surface area contributed by atoms with E-state index in [0.29, 0.717) is 23.3 Å². The molecule has 0 aliphatic heterocycles. The van der Waals surface area contributed by atoms with Gasteiger partial charge in [0.05, 0.1) is 34.1 Å². The van der Waals surface area contributed by atoms with Crippen LogP contribution in [0.5, 0.6) is 17.2 Å². The molecule has 12 heteroatoms. The fraction of sp³-hybridized carbons (Fsp3) is 0.211. The Kier molecular flexibility index (Phi) is 5.38. The number of aromatic nitrogens is 4. The summed E-state index contributed by atoms with van der Waals surface area (Å²) in [6, 6.07) is 8.16. The summed E-state index contributed by atoms with van der Waals surface area (Å²) in [7, 11) is 0.0859. The lowest BCUT2D eigenvalue weighted by Crippen LogP contribution is -2.15. The summed E-state index contributed by atoms with van der Waals surface area (Å²) in [4.78, 5) is -0.155. The van der Waals surface area contributed by atoms with Crippen molar-refractivity contribution < 1.29 is 27.2 Å². The Hall–Kier alpha value is -3.80. The number of nitrogens with one attached hydrogen (secondary N) is 1. The van der Waals surface area contributed by atoms with Gasteiger partial charge in [0.25, 0.3) is 10.0 Å². The minimum atomic E-state index is -4.14. The quantitative estimate of drug-likeness (QED) is 0.434. The van der Waals surface area contributed by atoms with Crippen LogP contribution in [-0.4, -0.2) is 49.9 Å². The summed E-state index contributed by atoms with van der Waals surface area (Å²) in [5, 5.41) is 12.0. The minimum absolute atomic E-state index is 0.0212. The molecule has 0 fully saturated rings. The lowest BCUT2D eigenvalue weighted by molar-refractivity contribution is 0.373. The molecule has 0 bridgehead atoms. The normalized spacial score (nSPS) is 11.5. The van der Waals surface area contributed by atoms with Crippen LogP contribution < -0.4 is 18.9 Å². The average molecular weight is 445 g/mol. The number of ether oxygens (including phenoxy) is 3. The molecule has 0 radical (unpaired) electrons. The average Bonchev–Trinajstić information content (AvgIpc) is 3.42. The van der Waals surface area contributed by atoms with Crippen molar-refractivity contribution in [2.24, 2.45) is 0 Å². The summed E-state index contributed by atoms with van der Waals surface area (Å²) < 4.78 is 51.7. The second-order valence-corrected chi connectivity index (χ2v) is 8.02. The zero-order valence-electron chi connectivity index (χ0n) is 16.9. The molecule has 0 unspecified atom stereocenters. The van der Waals surface area contributed by atoms with Gasteiger partial charge in [-0.2, -0.15) is 0 Å². The lowest BCUT2D eigenvalue weighted by atomic mass is 10.1. The first kappa shape index (κ1) is 20.5. The predicted molar refractivity (Wildman–Crippen MR) is 110 cm³/mol. The van der Waals surface area contributed by atoms with Crippen molar-refractivity contribution in [3.63, 3.8) is 0 Å². The van der Waals surface area contributed by atoms with E-state index in [1.165, 1.54) is 33.5 Å². The van der Waals surface area contributed by atoms with E-state index < -0.39 is 10.0 Å². The van der Waals surface area contributed by atoms with Crippen LogP contribution in [0.2, 0.25) is 0 Å². The van der Waals surface area contributed by atoms with Crippen LogP contribution in [0.25, 0.3) is 11.0 Å². The molecule has 1 N–H and O–H groups in total. The van der Waals surface area contributed by atoms with Gasteiger partial charge in [-0.15, -0.1) is 5.10 Å². The van der Waals surface area contributed by atoms with Crippen LogP contribution in [0.1, 0.15) is 5.56 Å². The van der Waals surface area contributed by atoms with Crippen LogP contribution in [0, 0.1) is 0 Å². The number of rotatable bonds is 8. The number of anilines is 1. The number of fused-ring (bicyclic) bond motifs is 1. The second-order valence-electron chi connectivity index (χ2n) is 6.40. The maximum atomic E-state index is 13.2. The van der Waals surface area contributed by atoms with Crippen molar-refractivity contribution in [2.45, 2.75) is 11.4 Å². The Bertz CT molecular complexity index is 1300. The van der Waals surface area contributed by atoms with Gasteiger partial charge in [-0.1, -0.05) is 16.4 Å². The SMILES string of the molecule is COc1cccc(OC)c1S(=O)(=O)Nc1noc2cc(Cn3ccnn3)cc(OC)c12. The van der Waals surface area contributed by atoms with Gasteiger partial charge < -0.3 is 18.7 Å². The number of hydrogen-bond donors (Lipinski definition) is 1. The third-order valence-electron chi connectivity index (χ3n) is 4.52. The summed E-state index contributed by atoms with van der Waals surface area (Å²) in [5.74, 6) is 0.620. The number of methoxy groups -OCH3 is 3. The Morgan fingerprint density at radius 2 is 1.77 bits per heavy atom. The van der Waals surface area contributed by atoms with Crippen LogP contribution >= 0.6 is 0 Å². The Labute approximate surface area is 177 Å². The van der Waals surface area contributed by atoms with Crippen molar-refractivity contribution >= 4 is 26.8 Å². The van der Waals surface area contributed by atoms with E-state index in [0.717, 1.165) is 5.56 Å². The molecule has 4 rings (SSSR count). The first-order valence-electron chi connectivity index (χ1n) is 9.01.